The Morgan fingerprint density at radius 1 is 1.36 bits per heavy atom. The van der Waals surface area contributed by atoms with Crippen LogP contribution in [0.3, 0.4) is 0 Å². The van der Waals surface area contributed by atoms with Crippen molar-refractivity contribution in [3.8, 4) is 17.3 Å². The fraction of sp³-hybridized carbons (Fsp3) is 0.125. The van der Waals surface area contributed by atoms with Crippen molar-refractivity contribution in [2.24, 2.45) is 0 Å². The van der Waals surface area contributed by atoms with Gasteiger partial charge in [-0.2, -0.15) is 13.7 Å². The van der Waals surface area contributed by atoms with Crippen molar-refractivity contribution in [2.45, 2.75) is 10.8 Å². The Labute approximate surface area is 156 Å². The molecule has 3 aromatic heterocycles. The topological polar surface area (TPSA) is 87.8 Å². The molecule has 0 aliphatic heterocycles. The number of rotatable bonds is 5. The maximum absolute atomic E-state index is 13.0. The van der Waals surface area contributed by atoms with Crippen molar-refractivity contribution in [3.63, 3.8) is 0 Å². The van der Waals surface area contributed by atoms with Gasteiger partial charge in [0.05, 0.1) is 5.69 Å². The largest absolute Gasteiger partial charge is 0.316 e. The second-order valence-electron chi connectivity index (χ2n) is 5.01. The third-order valence-electron chi connectivity index (χ3n) is 3.42. The molecule has 0 saturated carbocycles. The third kappa shape index (κ3) is 3.60. The molecule has 0 amide bonds. The van der Waals surface area contributed by atoms with E-state index in [1.54, 1.807) is 49.0 Å². The molecular formula is C16H15ClN4O2S2. The van der Waals surface area contributed by atoms with Gasteiger partial charge in [-0.1, -0.05) is 6.07 Å². The van der Waals surface area contributed by atoms with E-state index < -0.39 is 10.0 Å². The molecule has 0 aliphatic rings. The number of aromatic nitrogens is 2. The summed E-state index contributed by atoms with van der Waals surface area (Å²) in [7, 11) is -1.94. The molecule has 0 radical (unpaired) electrons. The minimum atomic E-state index is -3.73. The number of hydrogen-bond donors (Lipinski definition) is 1. The van der Waals surface area contributed by atoms with Crippen LogP contribution in [0.25, 0.3) is 11.3 Å². The lowest BCUT2D eigenvalue weighted by Crippen LogP contribution is -2.12. The first-order valence-corrected chi connectivity index (χ1v) is 9.40. The molecule has 1 N–H and O–H groups in total. The summed E-state index contributed by atoms with van der Waals surface area (Å²) in [5, 5.41) is 14.0. The third-order valence-corrected chi connectivity index (χ3v) is 6.47. The molecule has 0 aliphatic carbocycles. The number of nitrogens with one attached hydrogen (secondary N) is 1. The van der Waals surface area contributed by atoms with Gasteiger partial charge in [-0.3, -0.25) is 0 Å². The van der Waals surface area contributed by atoms with Crippen LogP contribution in [0.2, 0.25) is 0 Å². The molecular weight excluding hydrogens is 380 g/mol. The van der Waals surface area contributed by atoms with Crippen LogP contribution in [0.1, 0.15) is 11.3 Å². The van der Waals surface area contributed by atoms with Gasteiger partial charge in [0.15, 0.2) is 0 Å². The van der Waals surface area contributed by atoms with Crippen LogP contribution in [-0.2, 0) is 16.6 Å². The molecule has 0 bridgehead atoms. The number of halogens is 1. The van der Waals surface area contributed by atoms with Crippen LogP contribution < -0.4 is 5.32 Å². The van der Waals surface area contributed by atoms with Crippen molar-refractivity contribution >= 4 is 33.8 Å². The Hall–Kier alpha value is -2.18. The van der Waals surface area contributed by atoms with Gasteiger partial charge in [0.2, 0.25) is 0 Å². The standard InChI is InChI=1S/C16H14N4O2S2.ClH/c1-18-10-12-8-15(13-4-2-6-19-14(13)9-17)20(11-12)24(21,22)16-5-3-7-23-16;/h2-8,11,18H,10H2,1H3;1H. The average molecular weight is 395 g/mol. The smallest absolute Gasteiger partial charge is 0.277 e. The Bertz CT molecular complexity index is 1010. The normalized spacial score (nSPS) is 10.9. The highest BCUT2D eigenvalue weighted by Gasteiger charge is 2.24. The molecule has 9 heteroatoms. The van der Waals surface area contributed by atoms with Crippen LogP contribution in [0.5, 0.6) is 0 Å². The number of hydrogen-bond acceptors (Lipinski definition) is 6. The SMILES string of the molecule is CNCc1cc(-c2cccnc2C#N)n(S(=O)(=O)c2cccs2)c1.Cl. The van der Waals surface area contributed by atoms with Crippen molar-refractivity contribution in [2.75, 3.05) is 7.05 Å². The molecule has 3 heterocycles. The molecule has 0 atom stereocenters. The van der Waals surface area contributed by atoms with Gasteiger partial charge >= 0.3 is 0 Å². The highest BCUT2D eigenvalue weighted by Crippen LogP contribution is 2.30. The lowest BCUT2D eigenvalue weighted by Gasteiger charge is -2.09. The highest BCUT2D eigenvalue weighted by atomic mass is 35.5. The van der Waals surface area contributed by atoms with E-state index in [0.29, 0.717) is 17.8 Å². The Morgan fingerprint density at radius 3 is 2.80 bits per heavy atom. The Kier molecular flexibility index (Phi) is 5.98. The van der Waals surface area contributed by atoms with Crippen molar-refractivity contribution in [3.05, 3.63) is 59.4 Å². The van der Waals surface area contributed by atoms with Crippen LogP contribution >= 0.6 is 23.7 Å². The zero-order valence-corrected chi connectivity index (χ0v) is 15.7. The fourth-order valence-corrected chi connectivity index (χ4v) is 4.87. The number of nitrogens with zero attached hydrogens (tertiary/aromatic N) is 3. The summed E-state index contributed by atoms with van der Waals surface area (Å²) >= 11 is 1.16. The van der Waals surface area contributed by atoms with Crippen LogP contribution in [0, 0.1) is 11.3 Å². The van der Waals surface area contributed by atoms with E-state index >= 15 is 0 Å². The van der Waals surface area contributed by atoms with Gasteiger partial charge in [0, 0.05) is 24.5 Å². The van der Waals surface area contributed by atoms with Gasteiger partial charge in [-0.25, -0.2) is 8.96 Å². The first kappa shape index (κ1) is 19.1. The summed E-state index contributed by atoms with van der Waals surface area (Å²) in [4.78, 5) is 4.03. The lowest BCUT2D eigenvalue weighted by atomic mass is 10.1. The first-order valence-electron chi connectivity index (χ1n) is 7.08. The lowest BCUT2D eigenvalue weighted by molar-refractivity contribution is 0.590. The molecule has 25 heavy (non-hydrogen) atoms. The summed E-state index contributed by atoms with van der Waals surface area (Å²) < 4.78 is 27.4. The summed E-state index contributed by atoms with van der Waals surface area (Å²) in [6.07, 6.45) is 3.09. The van der Waals surface area contributed by atoms with E-state index in [-0.39, 0.29) is 22.3 Å². The summed E-state index contributed by atoms with van der Waals surface area (Å²) in [5.74, 6) is 0. The van der Waals surface area contributed by atoms with Crippen molar-refractivity contribution in [1.29, 1.82) is 5.26 Å². The van der Waals surface area contributed by atoms with Gasteiger partial charge in [-0.05, 0) is 42.3 Å². The van der Waals surface area contributed by atoms with E-state index in [2.05, 4.69) is 10.3 Å². The number of thiophene rings is 1. The van der Waals surface area contributed by atoms with E-state index in [9.17, 15) is 13.7 Å². The molecule has 0 spiro atoms. The number of pyridine rings is 1. The zero-order chi connectivity index (χ0) is 17.2. The van der Waals surface area contributed by atoms with E-state index in [1.807, 2.05) is 6.07 Å². The maximum atomic E-state index is 13.0. The van der Waals surface area contributed by atoms with E-state index in [4.69, 9.17) is 0 Å². The average Bonchev–Trinajstić information content (AvgIpc) is 3.25. The molecule has 0 unspecified atom stereocenters. The maximum Gasteiger partial charge on any atom is 0.277 e. The molecule has 3 aromatic rings. The fourth-order valence-electron chi connectivity index (χ4n) is 2.40. The predicted octanol–water partition coefficient (Wildman–Crippen LogP) is 2.86. The molecule has 130 valence electrons. The predicted molar refractivity (Wildman–Crippen MR) is 99.3 cm³/mol. The minimum Gasteiger partial charge on any atom is -0.316 e. The quantitative estimate of drug-likeness (QED) is 0.718. The molecule has 0 saturated heterocycles. The second-order valence-corrected chi connectivity index (χ2v) is 8.00. The minimum absolute atomic E-state index is 0. The van der Waals surface area contributed by atoms with Gasteiger partial charge in [-0.15, -0.1) is 23.7 Å². The Morgan fingerprint density at radius 2 is 2.16 bits per heavy atom. The van der Waals surface area contributed by atoms with Crippen LogP contribution in [0.4, 0.5) is 0 Å². The number of nitriles is 1. The molecule has 6 nitrogen and oxygen atoms in total. The van der Waals surface area contributed by atoms with Gasteiger partial charge < -0.3 is 5.32 Å². The molecule has 3 rings (SSSR count). The Balaban J connectivity index is 0.00000225. The van der Waals surface area contributed by atoms with Crippen LogP contribution in [-0.4, -0.2) is 24.4 Å². The van der Waals surface area contributed by atoms with Crippen LogP contribution in [0.15, 0.2) is 52.3 Å². The zero-order valence-electron chi connectivity index (χ0n) is 13.2. The van der Waals surface area contributed by atoms with E-state index in [0.717, 1.165) is 16.9 Å². The van der Waals surface area contributed by atoms with E-state index in [1.165, 1.54) is 10.2 Å². The monoisotopic (exact) mass is 394 g/mol. The van der Waals surface area contributed by atoms with Crippen molar-refractivity contribution in [1.82, 2.24) is 14.3 Å². The first-order chi connectivity index (χ1) is 11.6. The second kappa shape index (κ2) is 7.80. The summed E-state index contributed by atoms with van der Waals surface area (Å²) in [6.45, 7) is 0.516. The summed E-state index contributed by atoms with van der Waals surface area (Å²) in [5.41, 5.74) is 1.91. The molecule has 0 aromatic carbocycles. The molecule has 0 fully saturated rings. The summed E-state index contributed by atoms with van der Waals surface area (Å²) in [6, 6.07) is 10.4. The van der Waals surface area contributed by atoms with Crippen molar-refractivity contribution < 1.29 is 8.42 Å². The highest BCUT2D eigenvalue weighted by molar-refractivity contribution is 7.92. The van der Waals surface area contributed by atoms with Gasteiger partial charge in [0.1, 0.15) is 16.0 Å². The van der Waals surface area contributed by atoms with Gasteiger partial charge in [0.25, 0.3) is 10.0 Å².